The standard InChI is InChI=1S/2C10H11NO2/c1-8(7-12)11-6-9-2-4-10(13)5-3-9;1-8(7-12)11-6-9-4-2-3-5-10(9)13/h2*2-8,13H,1H3. The minimum Gasteiger partial charge on any atom is -0.508 e. The number of carbonyl (C=O) groups is 2. The van der Waals surface area contributed by atoms with Crippen molar-refractivity contribution in [3.63, 3.8) is 0 Å². The van der Waals surface area contributed by atoms with Gasteiger partial charge in [-0.05, 0) is 55.8 Å². The first-order chi connectivity index (χ1) is 12.5. The Labute approximate surface area is 152 Å². The highest BCUT2D eigenvalue weighted by Gasteiger charge is 1.96. The molecule has 2 rings (SSSR count). The molecule has 2 aromatic carbocycles. The van der Waals surface area contributed by atoms with Gasteiger partial charge in [0.2, 0.25) is 0 Å². The number of hydrogen-bond donors (Lipinski definition) is 2. The number of phenolic OH excluding ortho intramolecular Hbond substituents is 2. The lowest BCUT2D eigenvalue weighted by Gasteiger charge is -1.97. The molecule has 0 saturated heterocycles. The zero-order valence-electron chi connectivity index (χ0n) is 14.7. The second-order valence-corrected chi connectivity index (χ2v) is 5.46. The molecule has 0 fully saturated rings. The number of aromatic hydroxyl groups is 2. The molecule has 0 amide bonds. The van der Waals surface area contributed by atoms with E-state index >= 15 is 0 Å². The molecule has 0 aromatic heterocycles. The quantitative estimate of drug-likeness (QED) is 0.615. The molecule has 6 heteroatoms. The van der Waals surface area contributed by atoms with E-state index in [-0.39, 0.29) is 23.6 Å². The van der Waals surface area contributed by atoms with E-state index in [1.807, 2.05) is 0 Å². The van der Waals surface area contributed by atoms with Gasteiger partial charge in [-0.3, -0.25) is 9.98 Å². The topological polar surface area (TPSA) is 99.3 Å². The van der Waals surface area contributed by atoms with E-state index in [1.54, 1.807) is 68.6 Å². The first kappa shape index (κ1) is 20.8. The summed E-state index contributed by atoms with van der Waals surface area (Å²) in [5.41, 5.74) is 1.49. The smallest absolute Gasteiger partial charge is 0.144 e. The normalized spacial score (nSPS) is 13.0. The second-order valence-electron chi connectivity index (χ2n) is 5.46. The molecule has 0 spiro atoms. The maximum atomic E-state index is 10.2. The molecule has 0 aliphatic rings. The number of aliphatic imine (C=N–C) groups is 2. The van der Waals surface area contributed by atoms with Crippen molar-refractivity contribution in [2.75, 3.05) is 0 Å². The Bertz CT molecular complexity index is 755. The van der Waals surface area contributed by atoms with Gasteiger partial charge in [-0.2, -0.15) is 0 Å². The molecule has 0 aliphatic heterocycles. The van der Waals surface area contributed by atoms with Crippen LogP contribution in [-0.2, 0) is 9.59 Å². The molecule has 0 heterocycles. The van der Waals surface area contributed by atoms with E-state index in [2.05, 4.69) is 9.98 Å². The van der Waals surface area contributed by atoms with Crippen LogP contribution in [0.25, 0.3) is 0 Å². The van der Waals surface area contributed by atoms with Crippen LogP contribution >= 0.6 is 0 Å². The lowest BCUT2D eigenvalue weighted by atomic mass is 10.2. The van der Waals surface area contributed by atoms with Gasteiger partial charge >= 0.3 is 0 Å². The van der Waals surface area contributed by atoms with Gasteiger partial charge in [0.25, 0.3) is 0 Å². The van der Waals surface area contributed by atoms with Gasteiger partial charge in [-0.1, -0.05) is 12.1 Å². The summed E-state index contributed by atoms with van der Waals surface area (Å²) < 4.78 is 0. The predicted molar refractivity (Wildman–Crippen MR) is 102 cm³/mol. The lowest BCUT2D eigenvalue weighted by Crippen LogP contribution is -1.98. The Kier molecular flexibility index (Phi) is 9.03. The monoisotopic (exact) mass is 354 g/mol. The van der Waals surface area contributed by atoms with Gasteiger partial charge in [-0.25, -0.2) is 0 Å². The average molecular weight is 354 g/mol. The zero-order valence-corrected chi connectivity index (χ0v) is 14.7. The van der Waals surface area contributed by atoms with Crippen molar-refractivity contribution in [3.8, 4) is 11.5 Å². The fourth-order valence-electron chi connectivity index (χ4n) is 1.63. The average Bonchev–Trinajstić information content (AvgIpc) is 2.66. The summed E-state index contributed by atoms with van der Waals surface area (Å²) in [5.74, 6) is 0.393. The molecule has 136 valence electrons. The van der Waals surface area contributed by atoms with Gasteiger partial charge < -0.3 is 19.8 Å². The largest absolute Gasteiger partial charge is 0.508 e. The van der Waals surface area contributed by atoms with Crippen LogP contribution in [-0.4, -0.2) is 47.3 Å². The van der Waals surface area contributed by atoms with Crippen molar-refractivity contribution in [2.45, 2.75) is 25.9 Å². The highest BCUT2D eigenvalue weighted by molar-refractivity contribution is 5.84. The molecular formula is C20H22N2O4. The van der Waals surface area contributed by atoms with Gasteiger partial charge in [0.15, 0.2) is 0 Å². The van der Waals surface area contributed by atoms with Crippen LogP contribution in [0.5, 0.6) is 11.5 Å². The summed E-state index contributed by atoms with van der Waals surface area (Å²) in [5, 5.41) is 18.3. The van der Waals surface area contributed by atoms with Gasteiger partial charge in [0.1, 0.15) is 36.2 Å². The molecule has 2 N–H and O–H groups in total. The number of aldehydes is 2. The molecule has 0 aliphatic carbocycles. The summed E-state index contributed by atoms with van der Waals surface area (Å²) in [7, 11) is 0. The lowest BCUT2D eigenvalue weighted by molar-refractivity contribution is -0.109. The minimum absolute atomic E-state index is 0.171. The predicted octanol–water partition coefficient (Wildman–Crippen LogP) is 2.80. The van der Waals surface area contributed by atoms with Gasteiger partial charge in [0.05, 0.1) is 0 Å². The van der Waals surface area contributed by atoms with Crippen LogP contribution in [0.15, 0.2) is 58.5 Å². The molecule has 26 heavy (non-hydrogen) atoms. The van der Waals surface area contributed by atoms with Crippen LogP contribution in [0.3, 0.4) is 0 Å². The van der Waals surface area contributed by atoms with Crippen molar-refractivity contribution >= 4 is 25.0 Å². The number of phenols is 2. The second kappa shape index (κ2) is 11.3. The van der Waals surface area contributed by atoms with E-state index < -0.39 is 0 Å². The Hall–Kier alpha value is -3.28. The first-order valence-corrected chi connectivity index (χ1v) is 8.00. The Morgan fingerprint density at radius 1 is 0.808 bits per heavy atom. The van der Waals surface area contributed by atoms with Crippen molar-refractivity contribution in [2.24, 2.45) is 9.98 Å². The van der Waals surface area contributed by atoms with Crippen LogP contribution in [0.2, 0.25) is 0 Å². The Morgan fingerprint density at radius 3 is 1.88 bits per heavy atom. The van der Waals surface area contributed by atoms with Gasteiger partial charge in [0, 0.05) is 18.0 Å². The fraction of sp³-hybridized carbons (Fsp3) is 0.200. The molecule has 2 atom stereocenters. The van der Waals surface area contributed by atoms with Crippen molar-refractivity contribution < 1.29 is 19.8 Å². The van der Waals surface area contributed by atoms with Crippen LogP contribution < -0.4 is 0 Å². The maximum Gasteiger partial charge on any atom is 0.144 e. The summed E-state index contributed by atoms with van der Waals surface area (Å²) in [6.07, 6.45) is 4.63. The number of benzene rings is 2. The molecule has 2 aromatic rings. The highest BCUT2D eigenvalue weighted by atomic mass is 16.3. The number of nitrogens with zero attached hydrogens (tertiary/aromatic N) is 2. The third-order valence-electron chi connectivity index (χ3n) is 3.13. The minimum atomic E-state index is -0.361. The van der Waals surface area contributed by atoms with E-state index in [0.717, 1.165) is 18.1 Å². The highest BCUT2D eigenvalue weighted by Crippen LogP contribution is 2.12. The molecular weight excluding hydrogens is 332 g/mol. The third kappa shape index (κ3) is 8.01. The third-order valence-corrected chi connectivity index (χ3v) is 3.13. The van der Waals surface area contributed by atoms with E-state index in [1.165, 1.54) is 6.21 Å². The van der Waals surface area contributed by atoms with Gasteiger partial charge in [-0.15, -0.1) is 0 Å². The number of para-hydroxylation sites is 1. The van der Waals surface area contributed by atoms with Crippen molar-refractivity contribution in [1.29, 1.82) is 0 Å². The van der Waals surface area contributed by atoms with Crippen LogP contribution in [0.4, 0.5) is 0 Å². The summed E-state index contributed by atoms with van der Waals surface area (Å²) in [4.78, 5) is 28.3. The molecule has 0 bridgehead atoms. The summed E-state index contributed by atoms with van der Waals surface area (Å²) >= 11 is 0. The fourth-order valence-corrected chi connectivity index (χ4v) is 1.63. The van der Waals surface area contributed by atoms with Crippen molar-refractivity contribution in [3.05, 3.63) is 59.7 Å². The van der Waals surface area contributed by atoms with Crippen LogP contribution in [0.1, 0.15) is 25.0 Å². The molecule has 0 saturated carbocycles. The summed E-state index contributed by atoms with van der Waals surface area (Å²) in [6.45, 7) is 3.40. The Morgan fingerprint density at radius 2 is 1.35 bits per heavy atom. The number of carbonyl (C=O) groups excluding carboxylic acids is 2. The Balaban J connectivity index is 0.000000260. The summed E-state index contributed by atoms with van der Waals surface area (Å²) in [6, 6.07) is 12.8. The number of hydrogen-bond acceptors (Lipinski definition) is 6. The van der Waals surface area contributed by atoms with E-state index in [4.69, 9.17) is 5.11 Å². The van der Waals surface area contributed by atoms with Crippen LogP contribution in [0, 0.1) is 0 Å². The van der Waals surface area contributed by atoms with E-state index in [0.29, 0.717) is 5.56 Å². The molecule has 0 radical (unpaired) electrons. The molecule has 6 nitrogen and oxygen atoms in total. The first-order valence-electron chi connectivity index (χ1n) is 8.00. The van der Waals surface area contributed by atoms with Crippen molar-refractivity contribution in [1.82, 2.24) is 0 Å². The zero-order chi connectivity index (χ0) is 19.4. The van der Waals surface area contributed by atoms with E-state index in [9.17, 15) is 14.7 Å². The molecule has 2 unspecified atom stereocenters. The maximum absolute atomic E-state index is 10.2. The SMILES string of the molecule is CC(C=O)N=Cc1ccc(O)cc1.CC(C=O)N=Cc1ccccc1O. The number of rotatable bonds is 6.